The zero-order valence-corrected chi connectivity index (χ0v) is 10.6. The molecule has 0 atom stereocenters. The van der Waals surface area contributed by atoms with Crippen molar-refractivity contribution in [2.24, 2.45) is 0 Å². The highest BCUT2D eigenvalue weighted by Gasteiger charge is 2.27. The summed E-state index contributed by atoms with van der Waals surface area (Å²) < 4.78 is 27.3. The van der Waals surface area contributed by atoms with Crippen LogP contribution in [0.15, 0.2) is 18.5 Å². The van der Waals surface area contributed by atoms with Crippen molar-refractivity contribution in [3.8, 4) is 5.95 Å². The molecule has 0 amide bonds. The summed E-state index contributed by atoms with van der Waals surface area (Å²) >= 11 is 0. The molecule has 10 heteroatoms. The number of nitrogens with zero attached hydrogens (tertiary/aromatic N) is 5. The van der Waals surface area contributed by atoms with Gasteiger partial charge in [0.25, 0.3) is 11.9 Å². The summed E-state index contributed by atoms with van der Waals surface area (Å²) in [6, 6.07) is 1.68. The lowest BCUT2D eigenvalue weighted by Crippen LogP contribution is -2.31. The molecule has 2 aromatic rings. The molecule has 0 aliphatic rings. The molecule has 0 spiro atoms. The molecule has 3 N–H and O–H groups in total. The Labute approximate surface area is 112 Å². The number of halogens is 2. The summed E-state index contributed by atoms with van der Waals surface area (Å²) in [5.41, 5.74) is 0. The molecule has 0 radical (unpaired) electrons. The maximum absolute atomic E-state index is 13.0. The summed E-state index contributed by atoms with van der Waals surface area (Å²) in [6.45, 7) is -2.04. The summed E-state index contributed by atoms with van der Waals surface area (Å²) in [7, 11) is 1.59. The molecule has 2 heterocycles. The van der Waals surface area contributed by atoms with E-state index in [1.54, 1.807) is 19.3 Å². The third-order valence-corrected chi connectivity index (χ3v) is 2.29. The van der Waals surface area contributed by atoms with Crippen LogP contribution in [0.4, 0.5) is 20.7 Å². The van der Waals surface area contributed by atoms with Crippen LogP contribution in [0.5, 0.6) is 0 Å². The van der Waals surface area contributed by atoms with Crippen molar-refractivity contribution in [3.05, 3.63) is 18.5 Å². The van der Waals surface area contributed by atoms with E-state index in [1.807, 2.05) is 0 Å². The number of aliphatic hydroxyl groups is 1. The van der Waals surface area contributed by atoms with E-state index in [9.17, 15) is 8.78 Å². The molecule has 0 aliphatic carbocycles. The number of nitrogens with one attached hydrogen (secondary N) is 2. The summed E-state index contributed by atoms with van der Waals surface area (Å²) in [6.07, 6.45) is 3.15. The Morgan fingerprint density at radius 1 is 1.30 bits per heavy atom. The number of hydrogen-bond acceptors (Lipinski definition) is 7. The first kappa shape index (κ1) is 14.1. The van der Waals surface area contributed by atoms with Crippen molar-refractivity contribution < 1.29 is 13.9 Å². The largest absolute Gasteiger partial charge is 0.390 e. The Bertz CT molecular complexity index is 561. The van der Waals surface area contributed by atoms with Gasteiger partial charge >= 0.3 is 0 Å². The van der Waals surface area contributed by atoms with Crippen molar-refractivity contribution in [1.82, 2.24) is 24.7 Å². The van der Waals surface area contributed by atoms with Crippen LogP contribution in [0.1, 0.15) is 0 Å². The lowest BCUT2D eigenvalue weighted by atomic mass is 10.3. The van der Waals surface area contributed by atoms with Gasteiger partial charge in [-0.05, 0) is 6.07 Å². The van der Waals surface area contributed by atoms with Crippen molar-refractivity contribution >= 4 is 11.9 Å². The first-order valence-electron chi connectivity index (χ1n) is 5.70. The zero-order chi connectivity index (χ0) is 14.6. The smallest absolute Gasteiger partial charge is 0.287 e. The van der Waals surface area contributed by atoms with Crippen LogP contribution in [0.3, 0.4) is 0 Å². The van der Waals surface area contributed by atoms with Crippen molar-refractivity contribution in [3.63, 3.8) is 0 Å². The van der Waals surface area contributed by atoms with Gasteiger partial charge in [-0.1, -0.05) is 0 Å². The number of hydrogen-bond donors (Lipinski definition) is 3. The topological polar surface area (TPSA) is 101 Å². The molecular formula is C10H13F2N7O. The average Bonchev–Trinajstić information content (AvgIpc) is 2.99. The summed E-state index contributed by atoms with van der Waals surface area (Å²) in [5.74, 6) is -2.90. The SMILES string of the molecule is CNc1nc(NCC(F)(F)CO)nc(-n2cccn2)n1. The van der Waals surface area contributed by atoms with Gasteiger partial charge in [-0.15, -0.1) is 0 Å². The number of aromatic nitrogens is 5. The van der Waals surface area contributed by atoms with Crippen molar-refractivity contribution in [2.45, 2.75) is 5.92 Å². The fourth-order valence-corrected chi connectivity index (χ4v) is 1.31. The van der Waals surface area contributed by atoms with Gasteiger partial charge in [-0.25, -0.2) is 13.5 Å². The molecule has 0 unspecified atom stereocenters. The van der Waals surface area contributed by atoms with Gasteiger partial charge in [0.2, 0.25) is 11.9 Å². The van der Waals surface area contributed by atoms with E-state index in [1.165, 1.54) is 10.9 Å². The number of aliphatic hydroxyl groups excluding tert-OH is 1. The Balaban J connectivity index is 2.23. The minimum Gasteiger partial charge on any atom is -0.390 e. The maximum Gasteiger partial charge on any atom is 0.287 e. The van der Waals surface area contributed by atoms with Gasteiger partial charge in [0.15, 0.2) is 0 Å². The fraction of sp³-hybridized carbons (Fsp3) is 0.400. The Morgan fingerprint density at radius 2 is 2.05 bits per heavy atom. The van der Waals surface area contributed by atoms with Gasteiger partial charge < -0.3 is 15.7 Å². The predicted octanol–water partition coefficient (Wildman–Crippen LogP) is 0.138. The van der Waals surface area contributed by atoms with Crippen LogP contribution in [-0.4, -0.2) is 56.0 Å². The maximum atomic E-state index is 13.0. The standard InChI is InChI=1S/C10H13F2N7O/c1-13-7-16-8(14-5-10(11,12)6-20)18-9(17-7)19-4-2-3-15-19/h2-4,20H,5-6H2,1H3,(H2,13,14,16,17,18). The molecule has 2 rings (SSSR count). The molecule has 108 valence electrons. The quantitative estimate of drug-likeness (QED) is 0.694. The Kier molecular flexibility index (Phi) is 4.03. The van der Waals surface area contributed by atoms with E-state index in [0.717, 1.165) is 0 Å². The second-order valence-corrected chi connectivity index (χ2v) is 3.85. The highest BCUT2D eigenvalue weighted by molar-refractivity contribution is 5.37. The molecular weight excluding hydrogens is 272 g/mol. The minimum atomic E-state index is -3.25. The molecule has 2 aromatic heterocycles. The van der Waals surface area contributed by atoms with E-state index >= 15 is 0 Å². The fourth-order valence-electron chi connectivity index (χ4n) is 1.31. The number of alkyl halides is 2. The molecule has 20 heavy (non-hydrogen) atoms. The highest BCUT2D eigenvalue weighted by atomic mass is 19.3. The van der Waals surface area contributed by atoms with E-state index in [4.69, 9.17) is 5.11 Å². The predicted molar refractivity (Wildman–Crippen MR) is 67.0 cm³/mol. The van der Waals surface area contributed by atoms with Crippen LogP contribution in [0, 0.1) is 0 Å². The second kappa shape index (κ2) is 5.74. The highest BCUT2D eigenvalue weighted by Crippen LogP contribution is 2.14. The van der Waals surface area contributed by atoms with E-state index in [2.05, 4.69) is 30.7 Å². The average molecular weight is 285 g/mol. The van der Waals surface area contributed by atoms with Gasteiger partial charge in [-0.3, -0.25) is 0 Å². The third-order valence-electron chi connectivity index (χ3n) is 2.29. The second-order valence-electron chi connectivity index (χ2n) is 3.85. The summed E-state index contributed by atoms with van der Waals surface area (Å²) in [4.78, 5) is 11.9. The van der Waals surface area contributed by atoms with Crippen LogP contribution in [-0.2, 0) is 0 Å². The molecule has 0 saturated carbocycles. The van der Waals surface area contributed by atoms with E-state index < -0.39 is 19.1 Å². The lowest BCUT2D eigenvalue weighted by Gasteiger charge is -2.14. The Hall–Kier alpha value is -2.36. The van der Waals surface area contributed by atoms with Crippen LogP contribution in [0.2, 0.25) is 0 Å². The van der Waals surface area contributed by atoms with Gasteiger partial charge in [0.1, 0.15) is 6.61 Å². The lowest BCUT2D eigenvalue weighted by molar-refractivity contribution is -0.0374. The van der Waals surface area contributed by atoms with Crippen molar-refractivity contribution in [1.29, 1.82) is 0 Å². The van der Waals surface area contributed by atoms with Crippen LogP contribution in [0.25, 0.3) is 5.95 Å². The monoisotopic (exact) mass is 285 g/mol. The van der Waals surface area contributed by atoms with Crippen LogP contribution >= 0.6 is 0 Å². The minimum absolute atomic E-state index is 0.0389. The van der Waals surface area contributed by atoms with E-state index in [-0.39, 0.29) is 17.8 Å². The molecule has 0 bridgehead atoms. The van der Waals surface area contributed by atoms with Gasteiger partial charge in [0, 0.05) is 19.4 Å². The third kappa shape index (κ3) is 3.35. The number of anilines is 2. The van der Waals surface area contributed by atoms with Gasteiger partial charge in [-0.2, -0.15) is 20.1 Å². The normalized spacial score (nSPS) is 11.4. The molecule has 0 saturated heterocycles. The molecule has 0 aromatic carbocycles. The molecule has 0 fully saturated rings. The van der Waals surface area contributed by atoms with Gasteiger partial charge in [0.05, 0.1) is 6.54 Å². The summed E-state index contributed by atoms with van der Waals surface area (Å²) in [5, 5.41) is 17.5. The Morgan fingerprint density at radius 3 is 2.65 bits per heavy atom. The number of rotatable bonds is 6. The van der Waals surface area contributed by atoms with Crippen molar-refractivity contribution in [2.75, 3.05) is 30.8 Å². The molecule has 8 nitrogen and oxygen atoms in total. The van der Waals surface area contributed by atoms with Crippen LogP contribution < -0.4 is 10.6 Å². The first-order valence-corrected chi connectivity index (χ1v) is 5.70. The molecule has 0 aliphatic heterocycles. The van der Waals surface area contributed by atoms with E-state index in [0.29, 0.717) is 0 Å². The zero-order valence-electron chi connectivity index (χ0n) is 10.6. The first-order chi connectivity index (χ1) is 9.54.